The Morgan fingerprint density at radius 1 is 1.38 bits per heavy atom. The van der Waals surface area contributed by atoms with Crippen molar-refractivity contribution < 1.29 is 8.42 Å². The van der Waals surface area contributed by atoms with Crippen LogP contribution in [0, 0.1) is 11.3 Å². The maximum absolute atomic E-state index is 11.9. The van der Waals surface area contributed by atoms with Crippen LogP contribution in [0.15, 0.2) is 23.1 Å². The van der Waals surface area contributed by atoms with Gasteiger partial charge in [-0.25, -0.2) is 13.4 Å². The van der Waals surface area contributed by atoms with Gasteiger partial charge in [0.05, 0.1) is 10.4 Å². The lowest BCUT2D eigenvalue weighted by Crippen LogP contribution is -2.15. The highest BCUT2D eigenvalue weighted by Crippen LogP contribution is 2.62. The summed E-state index contributed by atoms with van der Waals surface area (Å²) in [6.07, 6.45) is 6.36. The highest BCUT2D eigenvalue weighted by Gasteiger charge is 2.54. The van der Waals surface area contributed by atoms with Crippen LogP contribution in [0.3, 0.4) is 0 Å². The van der Waals surface area contributed by atoms with Gasteiger partial charge in [-0.05, 0) is 49.1 Å². The molecule has 0 bridgehead atoms. The molecule has 0 amide bonds. The number of para-hydroxylation sites is 1. The van der Waals surface area contributed by atoms with Crippen LogP contribution in [0.5, 0.6) is 0 Å². The Kier molecular flexibility index (Phi) is 2.50. The van der Waals surface area contributed by atoms with Gasteiger partial charge in [0, 0.05) is 12.8 Å². The fourth-order valence-corrected chi connectivity index (χ4v) is 4.30. The third-order valence-electron chi connectivity index (χ3n) is 4.98. The van der Waals surface area contributed by atoms with Crippen LogP contribution >= 0.6 is 0 Å². The molecule has 0 aliphatic heterocycles. The Balaban J connectivity index is 1.85. The van der Waals surface area contributed by atoms with Gasteiger partial charge in [-0.15, -0.1) is 0 Å². The number of aromatic nitrogens is 2. The van der Waals surface area contributed by atoms with Crippen molar-refractivity contribution in [2.24, 2.45) is 11.3 Å². The summed E-state index contributed by atoms with van der Waals surface area (Å²) in [5.41, 5.74) is 7.81. The first-order valence-corrected chi connectivity index (χ1v) is 9.25. The van der Waals surface area contributed by atoms with Crippen LogP contribution in [0.4, 0.5) is 5.95 Å². The summed E-state index contributed by atoms with van der Waals surface area (Å²) in [5, 5.41) is 0. The second-order valence-corrected chi connectivity index (χ2v) is 8.57. The molecule has 5 nitrogen and oxygen atoms in total. The van der Waals surface area contributed by atoms with Gasteiger partial charge in [0.25, 0.3) is 0 Å². The number of hydrogen-bond donors (Lipinski definition) is 1. The molecule has 1 heterocycles. The van der Waals surface area contributed by atoms with Crippen LogP contribution in [-0.4, -0.2) is 24.2 Å². The number of hydrogen-bond acceptors (Lipinski definition) is 4. The Morgan fingerprint density at radius 3 is 2.67 bits per heavy atom. The van der Waals surface area contributed by atoms with E-state index in [1.807, 2.05) is 10.6 Å². The average molecular weight is 305 g/mol. The van der Waals surface area contributed by atoms with E-state index in [1.54, 1.807) is 12.1 Å². The topological polar surface area (TPSA) is 78.0 Å². The SMILES string of the molecule is CS(=O)(=O)c1cccc2c1nc(N)n2CC1(C2CC2)CC1. The quantitative estimate of drug-likeness (QED) is 0.939. The summed E-state index contributed by atoms with van der Waals surface area (Å²) < 4.78 is 25.8. The zero-order valence-corrected chi connectivity index (χ0v) is 12.9. The lowest BCUT2D eigenvalue weighted by molar-refractivity contribution is 0.377. The number of fused-ring (bicyclic) bond motifs is 1. The summed E-state index contributed by atoms with van der Waals surface area (Å²) >= 11 is 0. The van der Waals surface area contributed by atoms with Crippen molar-refractivity contribution in [3.63, 3.8) is 0 Å². The van der Waals surface area contributed by atoms with Crippen molar-refractivity contribution in [2.45, 2.75) is 37.1 Å². The molecule has 2 saturated carbocycles. The minimum absolute atomic E-state index is 0.265. The standard InChI is InChI=1S/C15H19N3O2S/c1-21(19,20)12-4-2-3-11-13(12)17-14(16)18(11)9-15(7-8-15)10-5-6-10/h2-4,10H,5-9H2,1H3,(H2,16,17). The molecular formula is C15H19N3O2S. The second-order valence-electron chi connectivity index (χ2n) is 6.59. The minimum atomic E-state index is -3.30. The molecule has 2 N–H and O–H groups in total. The Morgan fingerprint density at radius 2 is 2.10 bits per heavy atom. The molecular weight excluding hydrogens is 286 g/mol. The summed E-state index contributed by atoms with van der Waals surface area (Å²) in [7, 11) is -3.30. The molecule has 2 aliphatic rings. The lowest BCUT2D eigenvalue weighted by atomic mass is 10.0. The van der Waals surface area contributed by atoms with Gasteiger partial charge < -0.3 is 10.3 Å². The molecule has 112 valence electrons. The van der Waals surface area contributed by atoms with Gasteiger partial charge in [0.2, 0.25) is 5.95 Å². The number of benzene rings is 1. The van der Waals surface area contributed by atoms with Gasteiger partial charge in [-0.3, -0.25) is 0 Å². The molecule has 4 rings (SSSR count). The van der Waals surface area contributed by atoms with Crippen LogP contribution < -0.4 is 5.73 Å². The van der Waals surface area contributed by atoms with E-state index < -0.39 is 9.84 Å². The van der Waals surface area contributed by atoms with Gasteiger partial charge in [0.15, 0.2) is 9.84 Å². The molecule has 1 aromatic carbocycles. The Labute approximate surface area is 124 Å². The first-order chi connectivity index (χ1) is 9.91. The third kappa shape index (κ3) is 2.04. The molecule has 2 fully saturated rings. The predicted octanol–water partition coefficient (Wildman–Crippen LogP) is 2.21. The van der Waals surface area contributed by atoms with E-state index in [0.29, 0.717) is 16.9 Å². The van der Waals surface area contributed by atoms with E-state index in [2.05, 4.69) is 4.98 Å². The molecule has 6 heteroatoms. The molecule has 21 heavy (non-hydrogen) atoms. The third-order valence-corrected chi connectivity index (χ3v) is 6.11. The van der Waals surface area contributed by atoms with E-state index in [9.17, 15) is 8.42 Å². The van der Waals surface area contributed by atoms with E-state index in [4.69, 9.17) is 5.73 Å². The number of nitrogens with zero attached hydrogens (tertiary/aromatic N) is 2. The number of nitrogens with two attached hydrogens (primary N) is 1. The summed E-state index contributed by atoms with van der Waals surface area (Å²) in [5.74, 6) is 1.25. The molecule has 0 atom stereocenters. The first-order valence-electron chi connectivity index (χ1n) is 7.35. The van der Waals surface area contributed by atoms with Crippen LogP contribution in [0.1, 0.15) is 25.7 Å². The highest BCUT2D eigenvalue weighted by atomic mass is 32.2. The fraction of sp³-hybridized carbons (Fsp3) is 0.533. The summed E-state index contributed by atoms with van der Waals surface area (Å²) in [6.45, 7) is 0.868. The Bertz CT molecular complexity index is 830. The van der Waals surface area contributed by atoms with E-state index in [0.717, 1.165) is 18.0 Å². The maximum atomic E-state index is 11.9. The van der Waals surface area contributed by atoms with Crippen LogP contribution in [0.25, 0.3) is 11.0 Å². The molecule has 0 spiro atoms. The van der Waals surface area contributed by atoms with Gasteiger partial charge >= 0.3 is 0 Å². The number of rotatable bonds is 4. The average Bonchev–Trinajstić information content (AvgIpc) is 3.28. The number of anilines is 1. The highest BCUT2D eigenvalue weighted by molar-refractivity contribution is 7.91. The first kappa shape index (κ1) is 13.1. The molecule has 0 radical (unpaired) electrons. The second kappa shape index (κ2) is 4.00. The molecule has 0 unspecified atom stereocenters. The van der Waals surface area contributed by atoms with Crippen LogP contribution in [0.2, 0.25) is 0 Å². The van der Waals surface area contributed by atoms with Gasteiger partial charge in [-0.1, -0.05) is 6.07 Å². The number of nitrogen functional groups attached to an aromatic ring is 1. The number of imidazole rings is 1. The fourth-order valence-electron chi connectivity index (χ4n) is 3.47. The summed E-state index contributed by atoms with van der Waals surface area (Å²) in [6, 6.07) is 5.28. The van der Waals surface area contributed by atoms with E-state index in [-0.39, 0.29) is 4.90 Å². The van der Waals surface area contributed by atoms with Crippen molar-refractivity contribution in [3.05, 3.63) is 18.2 Å². The normalized spacial score (nSPS) is 20.8. The lowest BCUT2D eigenvalue weighted by Gasteiger charge is -2.16. The van der Waals surface area contributed by atoms with Crippen molar-refractivity contribution >= 4 is 26.8 Å². The largest absolute Gasteiger partial charge is 0.369 e. The molecule has 0 saturated heterocycles. The van der Waals surface area contributed by atoms with Crippen molar-refractivity contribution in [2.75, 3.05) is 12.0 Å². The molecule has 2 aromatic rings. The van der Waals surface area contributed by atoms with Crippen LogP contribution in [-0.2, 0) is 16.4 Å². The maximum Gasteiger partial charge on any atom is 0.201 e. The van der Waals surface area contributed by atoms with Crippen molar-refractivity contribution in [1.82, 2.24) is 9.55 Å². The number of sulfone groups is 1. The smallest absolute Gasteiger partial charge is 0.201 e. The van der Waals surface area contributed by atoms with Gasteiger partial charge in [0.1, 0.15) is 5.52 Å². The van der Waals surface area contributed by atoms with Crippen molar-refractivity contribution in [1.29, 1.82) is 0 Å². The summed E-state index contributed by atoms with van der Waals surface area (Å²) in [4.78, 5) is 4.60. The molecule has 1 aromatic heterocycles. The predicted molar refractivity (Wildman–Crippen MR) is 81.6 cm³/mol. The van der Waals surface area contributed by atoms with E-state index in [1.165, 1.54) is 31.9 Å². The zero-order valence-electron chi connectivity index (χ0n) is 12.0. The monoisotopic (exact) mass is 305 g/mol. The minimum Gasteiger partial charge on any atom is -0.369 e. The van der Waals surface area contributed by atoms with Crippen molar-refractivity contribution in [3.8, 4) is 0 Å². The van der Waals surface area contributed by atoms with Gasteiger partial charge in [-0.2, -0.15) is 0 Å². The Hall–Kier alpha value is -1.56. The van der Waals surface area contributed by atoms with E-state index >= 15 is 0 Å². The zero-order chi connectivity index (χ0) is 14.8. The molecule has 2 aliphatic carbocycles.